The fourth-order valence-electron chi connectivity index (χ4n) is 2.89. The summed E-state index contributed by atoms with van der Waals surface area (Å²) >= 11 is 0. The lowest BCUT2D eigenvalue weighted by Gasteiger charge is -2.23. The predicted octanol–water partition coefficient (Wildman–Crippen LogP) is 3.59. The van der Waals surface area contributed by atoms with Crippen LogP contribution in [0.2, 0.25) is 0 Å². The molecule has 152 valence electrons. The van der Waals surface area contributed by atoms with Gasteiger partial charge in [-0.2, -0.15) is 0 Å². The Morgan fingerprint density at radius 2 is 1.71 bits per heavy atom. The van der Waals surface area contributed by atoms with Gasteiger partial charge in [-0.1, -0.05) is 31.5 Å². The van der Waals surface area contributed by atoms with Gasteiger partial charge in [-0.15, -0.1) is 0 Å². The summed E-state index contributed by atoms with van der Waals surface area (Å²) in [5.74, 6) is 0.335. The van der Waals surface area contributed by atoms with Gasteiger partial charge in [0.15, 0.2) is 6.61 Å². The van der Waals surface area contributed by atoms with E-state index in [0.717, 1.165) is 12.8 Å². The van der Waals surface area contributed by atoms with Crippen molar-refractivity contribution in [3.05, 3.63) is 54.6 Å². The smallest absolute Gasteiger partial charge is 0.264 e. The number of anilines is 1. The van der Waals surface area contributed by atoms with Gasteiger partial charge in [0.05, 0.1) is 10.6 Å². The van der Waals surface area contributed by atoms with Gasteiger partial charge in [0.25, 0.3) is 15.9 Å². The zero-order valence-electron chi connectivity index (χ0n) is 16.6. The molecule has 1 unspecified atom stereocenters. The van der Waals surface area contributed by atoms with Crippen LogP contribution in [0.25, 0.3) is 0 Å². The summed E-state index contributed by atoms with van der Waals surface area (Å²) in [7, 11) is -3.63. The van der Waals surface area contributed by atoms with E-state index in [4.69, 9.17) is 4.74 Å². The Labute approximate surface area is 167 Å². The highest BCUT2D eigenvalue weighted by Crippen LogP contribution is 2.25. The van der Waals surface area contributed by atoms with Crippen molar-refractivity contribution in [3.8, 4) is 5.75 Å². The number of nitrogens with one attached hydrogen (secondary N) is 1. The minimum Gasteiger partial charge on any atom is -0.484 e. The van der Waals surface area contributed by atoms with Crippen molar-refractivity contribution in [2.45, 2.75) is 44.6 Å². The van der Waals surface area contributed by atoms with Crippen LogP contribution in [0, 0.1) is 0 Å². The van der Waals surface area contributed by atoms with Crippen LogP contribution in [0.1, 0.15) is 33.6 Å². The van der Waals surface area contributed by atoms with Crippen LogP contribution < -0.4 is 14.4 Å². The maximum atomic E-state index is 12.9. The second kappa shape index (κ2) is 10.1. The molecule has 0 saturated heterocycles. The molecule has 0 saturated carbocycles. The third-order valence-electron chi connectivity index (χ3n) is 4.24. The van der Waals surface area contributed by atoms with Crippen LogP contribution in [-0.2, 0) is 14.8 Å². The van der Waals surface area contributed by atoms with Gasteiger partial charge in [-0.3, -0.25) is 9.10 Å². The van der Waals surface area contributed by atoms with Gasteiger partial charge in [0.2, 0.25) is 0 Å². The van der Waals surface area contributed by atoms with Crippen LogP contribution >= 0.6 is 0 Å². The van der Waals surface area contributed by atoms with Gasteiger partial charge in [0, 0.05) is 12.6 Å². The molecular formula is C21H28N2O4S. The normalized spacial score (nSPS) is 12.2. The molecule has 2 rings (SSSR count). The van der Waals surface area contributed by atoms with Crippen molar-refractivity contribution in [3.63, 3.8) is 0 Å². The lowest BCUT2D eigenvalue weighted by atomic mass is 10.2. The lowest BCUT2D eigenvalue weighted by Crippen LogP contribution is -2.35. The zero-order chi connectivity index (χ0) is 20.6. The van der Waals surface area contributed by atoms with Crippen molar-refractivity contribution in [1.29, 1.82) is 0 Å². The molecule has 0 bridgehead atoms. The number of ether oxygens (including phenoxy) is 1. The molecule has 1 N–H and O–H groups in total. The SMILES string of the molecule is CCCC(C)NC(=O)COc1ccc(N(CC)S(=O)(=O)c2ccccc2)cc1. The number of sulfonamides is 1. The van der Waals surface area contributed by atoms with Crippen molar-refractivity contribution < 1.29 is 17.9 Å². The third kappa shape index (κ3) is 5.73. The average molecular weight is 405 g/mol. The number of benzene rings is 2. The topological polar surface area (TPSA) is 75.7 Å². The molecule has 2 aromatic carbocycles. The molecule has 0 fully saturated rings. The van der Waals surface area contributed by atoms with Crippen LogP contribution in [0.4, 0.5) is 5.69 Å². The standard InChI is InChI=1S/C21H28N2O4S/c1-4-9-17(3)22-21(24)16-27-19-14-12-18(13-15-19)23(5-2)28(25,26)20-10-7-6-8-11-20/h6-8,10-15,17H,4-5,9,16H2,1-3H3,(H,22,24). The first-order valence-corrected chi connectivity index (χ1v) is 10.9. The summed E-state index contributed by atoms with van der Waals surface area (Å²) in [4.78, 5) is 12.1. The highest BCUT2D eigenvalue weighted by atomic mass is 32.2. The quantitative estimate of drug-likeness (QED) is 0.657. The number of hydrogen-bond donors (Lipinski definition) is 1. The molecule has 0 radical (unpaired) electrons. The van der Waals surface area contributed by atoms with E-state index >= 15 is 0 Å². The van der Waals surface area contributed by atoms with Gasteiger partial charge >= 0.3 is 0 Å². The highest BCUT2D eigenvalue weighted by Gasteiger charge is 2.23. The Morgan fingerprint density at radius 1 is 1.07 bits per heavy atom. The maximum Gasteiger partial charge on any atom is 0.264 e. The maximum absolute atomic E-state index is 12.9. The summed E-state index contributed by atoms with van der Waals surface area (Å²) in [6.45, 7) is 6.04. The van der Waals surface area contributed by atoms with E-state index in [1.54, 1.807) is 61.5 Å². The first kappa shape index (κ1) is 21.8. The van der Waals surface area contributed by atoms with Gasteiger partial charge < -0.3 is 10.1 Å². The van der Waals surface area contributed by atoms with E-state index in [-0.39, 0.29) is 23.5 Å². The van der Waals surface area contributed by atoms with Gasteiger partial charge in [-0.25, -0.2) is 8.42 Å². The highest BCUT2D eigenvalue weighted by molar-refractivity contribution is 7.92. The molecule has 0 spiro atoms. The first-order chi connectivity index (χ1) is 13.4. The van der Waals surface area contributed by atoms with Crippen molar-refractivity contribution >= 4 is 21.6 Å². The monoisotopic (exact) mass is 404 g/mol. The Balaban J connectivity index is 2.03. The number of carbonyl (C=O) groups excluding carboxylic acids is 1. The summed E-state index contributed by atoms with van der Waals surface area (Å²) in [5.41, 5.74) is 0.541. The van der Waals surface area contributed by atoms with Crippen LogP contribution in [-0.4, -0.2) is 33.5 Å². The Morgan fingerprint density at radius 3 is 2.29 bits per heavy atom. The van der Waals surface area contributed by atoms with E-state index < -0.39 is 10.0 Å². The summed E-state index contributed by atoms with van der Waals surface area (Å²) in [6.07, 6.45) is 1.92. The van der Waals surface area contributed by atoms with Crippen molar-refractivity contribution in [1.82, 2.24) is 5.32 Å². The third-order valence-corrected chi connectivity index (χ3v) is 6.16. The van der Waals surface area contributed by atoms with E-state index in [2.05, 4.69) is 12.2 Å². The summed E-state index contributed by atoms with van der Waals surface area (Å²) in [6, 6.07) is 15.1. The second-order valence-corrected chi connectivity index (χ2v) is 8.38. The minimum absolute atomic E-state index is 0.0762. The minimum atomic E-state index is -3.63. The second-order valence-electron chi connectivity index (χ2n) is 6.52. The molecule has 1 atom stereocenters. The molecule has 1 amide bonds. The number of carbonyl (C=O) groups is 1. The number of hydrogen-bond acceptors (Lipinski definition) is 4. The van der Waals surface area contributed by atoms with E-state index in [1.807, 2.05) is 6.92 Å². The molecule has 2 aromatic rings. The van der Waals surface area contributed by atoms with E-state index in [0.29, 0.717) is 18.0 Å². The molecule has 7 heteroatoms. The van der Waals surface area contributed by atoms with Crippen LogP contribution in [0.3, 0.4) is 0 Å². The Kier molecular flexibility index (Phi) is 7.87. The molecule has 6 nitrogen and oxygen atoms in total. The number of rotatable bonds is 10. The lowest BCUT2D eigenvalue weighted by molar-refractivity contribution is -0.123. The Hall–Kier alpha value is -2.54. The average Bonchev–Trinajstić information content (AvgIpc) is 2.68. The molecule has 0 heterocycles. The molecule has 28 heavy (non-hydrogen) atoms. The van der Waals surface area contributed by atoms with Gasteiger partial charge in [0.1, 0.15) is 5.75 Å². The van der Waals surface area contributed by atoms with Crippen molar-refractivity contribution in [2.75, 3.05) is 17.5 Å². The fourth-order valence-corrected chi connectivity index (χ4v) is 4.38. The molecule has 0 aromatic heterocycles. The summed E-state index contributed by atoms with van der Waals surface area (Å²) < 4.78 is 32.6. The largest absolute Gasteiger partial charge is 0.484 e. The molecular weight excluding hydrogens is 376 g/mol. The molecule has 0 aliphatic rings. The van der Waals surface area contributed by atoms with Crippen molar-refractivity contribution in [2.24, 2.45) is 0 Å². The molecule has 0 aliphatic heterocycles. The number of nitrogens with zero attached hydrogens (tertiary/aromatic N) is 1. The first-order valence-electron chi connectivity index (χ1n) is 9.48. The van der Waals surface area contributed by atoms with Crippen LogP contribution in [0.15, 0.2) is 59.5 Å². The number of amides is 1. The Bertz CT molecular complexity index is 852. The fraction of sp³-hybridized carbons (Fsp3) is 0.381. The molecule has 0 aliphatic carbocycles. The van der Waals surface area contributed by atoms with Gasteiger partial charge in [-0.05, 0) is 56.7 Å². The van der Waals surface area contributed by atoms with E-state index in [9.17, 15) is 13.2 Å². The van der Waals surface area contributed by atoms with Crippen LogP contribution in [0.5, 0.6) is 5.75 Å². The predicted molar refractivity (Wildman–Crippen MR) is 111 cm³/mol. The summed E-state index contributed by atoms with van der Waals surface area (Å²) in [5, 5.41) is 2.88. The zero-order valence-corrected chi connectivity index (χ0v) is 17.4. The van der Waals surface area contributed by atoms with E-state index in [1.165, 1.54) is 4.31 Å².